The summed E-state index contributed by atoms with van der Waals surface area (Å²) >= 11 is 0. The highest BCUT2D eigenvalue weighted by Gasteiger charge is 2.39. The Hall–Kier alpha value is -0.610. The van der Waals surface area contributed by atoms with Gasteiger partial charge < -0.3 is 9.47 Å². The molecule has 2 rings (SSSR count). The Labute approximate surface area is 129 Å². The van der Waals surface area contributed by atoms with Crippen molar-refractivity contribution in [1.29, 1.82) is 0 Å². The van der Waals surface area contributed by atoms with Gasteiger partial charge in [0.25, 0.3) is 0 Å². The molecule has 0 saturated heterocycles. The fourth-order valence-electron chi connectivity index (χ4n) is 3.41. The molecule has 0 spiro atoms. The van der Waals surface area contributed by atoms with Crippen molar-refractivity contribution in [2.75, 3.05) is 13.7 Å². The van der Waals surface area contributed by atoms with E-state index in [1.807, 2.05) is 6.92 Å². The van der Waals surface area contributed by atoms with Crippen LogP contribution in [-0.4, -0.2) is 37.4 Å². The van der Waals surface area contributed by atoms with Gasteiger partial charge in [-0.3, -0.25) is 10.1 Å². The van der Waals surface area contributed by atoms with E-state index in [1.54, 1.807) is 0 Å². The van der Waals surface area contributed by atoms with E-state index >= 15 is 0 Å². The molecule has 3 unspecified atom stereocenters. The summed E-state index contributed by atoms with van der Waals surface area (Å²) in [6.45, 7) is 4.82. The van der Waals surface area contributed by atoms with Crippen molar-refractivity contribution in [3.63, 3.8) is 0 Å². The maximum atomic E-state index is 12.1. The van der Waals surface area contributed by atoms with Crippen LogP contribution in [0.1, 0.15) is 65.2 Å². The molecule has 2 fully saturated rings. The first-order valence-corrected chi connectivity index (χ1v) is 8.56. The topological polar surface area (TPSA) is 47.6 Å². The first kappa shape index (κ1) is 16.8. The molecule has 2 saturated carbocycles. The van der Waals surface area contributed by atoms with Crippen LogP contribution in [0.25, 0.3) is 0 Å². The van der Waals surface area contributed by atoms with Crippen molar-refractivity contribution in [3.05, 3.63) is 0 Å². The zero-order chi connectivity index (χ0) is 15.3. The van der Waals surface area contributed by atoms with Crippen molar-refractivity contribution in [2.45, 2.75) is 82.9 Å². The van der Waals surface area contributed by atoms with Crippen molar-refractivity contribution in [1.82, 2.24) is 5.32 Å². The van der Waals surface area contributed by atoms with Crippen molar-refractivity contribution in [3.8, 4) is 0 Å². The quantitative estimate of drug-likeness (QED) is 0.700. The van der Waals surface area contributed by atoms with Gasteiger partial charge in [-0.15, -0.1) is 0 Å². The second-order valence-electron chi connectivity index (χ2n) is 6.85. The summed E-state index contributed by atoms with van der Waals surface area (Å²) in [6, 6.07) is 0.479. The summed E-state index contributed by atoms with van der Waals surface area (Å²) in [6.07, 6.45) is 9.65. The Bertz CT molecular complexity index is 343. The molecule has 0 amide bonds. The lowest BCUT2D eigenvalue weighted by atomic mass is 9.84. The molecule has 4 heteroatoms. The van der Waals surface area contributed by atoms with Crippen LogP contribution in [0, 0.1) is 5.92 Å². The highest BCUT2D eigenvalue weighted by atomic mass is 16.5. The van der Waals surface area contributed by atoms with Crippen LogP contribution >= 0.6 is 0 Å². The summed E-state index contributed by atoms with van der Waals surface area (Å²) in [5.41, 5.74) is -0.605. The van der Waals surface area contributed by atoms with Gasteiger partial charge in [0.05, 0.1) is 13.2 Å². The van der Waals surface area contributed by atoms with Gasteiger partial charge in [-0.2, -0.15) is 0 Å². The Kier molecular flexibility index (Phi) is 6.06. The van der Waals surface area contributed by atoms with Crippen molar-refractivity contribution < 1.29 is 14.3 Å². The SMILES string of the molecule is CCC1CCCCC1OCCC(C)(NC1CC1)C(=O)OC. The minimum Gasteiger partial charge on any atom is -0.468 e. The van der Waals surface area contributed by atoms with Gasteiger partial charge in [0.1, 0.15) is 5.54 Å². The molecule has 122 valence electrons. The van der Waals surface area contributed by atoms with Crippen molar-refractivity contribution >= 4 is 5.97 Å². The van der Waals surface area contributed by atoms with Gasteiger partial charge in [0, 0.05) is 12.6 Å². The van der Waals surface area contributed by atoms with Crippen LogP contribution in [0.4, 0.5) is 0 Å². The number of carbonyl (C=O) groups excluding carboxylic acids is 1. The molecular formula is C17H31NO3. The molecular weight excluding hydrogens is 266 g/mol. The molecule has 0 aromatic heterocycles. The molecule has 0 bridgehead atoms. The predicted molar refractivity (Wildman–Crippen MR) is 83.2 cm³/mol. The molecule has 0 aliphatic heterocycles. The highest BCUT2D eigenvalue weighted by molar-refractivity contribution is 5.80. The summed E-state index contributed by atoms with van der Waals surface area (Å²) < 4.78 is 11.1. The largest absolute Gasteiger partial charge is 0.468 e. The van der Waals surface area contributed by atoms with E-state index in [0.29, 0.717) is 31.1 Å². The Morgan fingerprint density at radius 2 is 1.95 bits per heavy atom. The molecule has 0 aromatic rings. The lowest BCUT2D eigenvalue weighted by molar-refractivity contribution is -0.149. The van der Waals surface area contributed by atoms with Crippen LogP contribution in [0.3, 0.4) is 0 Å². The minimum absolute atomic E-state index is 0.173. The lowest BCUT2D eigenvalue weighted by Gasteiger charge is -2.33. The Morgan fingerprint density at radius 3 is 2.57 bits per heavy atom. The van der Waals surface area contributed by atoms with E-state index in [9.17, 15) is 4.79 Å². The van der Waals surface area contributed by atoms with E-state index in [2.05, 4.69) is 12.2 Å². The second kappa shape index (κ2) is 7.59. The second-order valence-corrected chi connectivity index (χ2v) is 6.85. The number of hydrogen-bond donors (Lipinski definition) is 1. The first-order chi connectivity index (χ1) is 10.1. The maximum Gasteiger partial charge on any atom is 0.325 e. The Morgan fingerprint density at radius 1 is 1.24 bits per heavy atom. The number of hydrogen-bond acceptors (Lipinski definition) is 4. The molecule has 21 heavy (non-hydrogen) atoms. The number of methoxy groups -OCH3 is 1. The average molecular weight is 297 g/mol. The number of nitrogens with one attached hydrogen (secondary N) is 1. The average Bonchev–Trinajstić information content (AvgIpc) is 3.30. The van der Waals surface area contributed by atoms with E-state index < -0.39 is 5.54 Å². The van der Waals surface area contributed by atoms with Gasteiger partial charge in [0.2, 0.25) is 0 Å². The monoisotopic (exact) mass is 297 g/mol. The molecule has 0 aromatic carbocycles. The highest BCUT2D eigenvalue weighted by Crippen LogP contribution is 2.30. The zero-order valence-corrected chi connectivity index (χ0v) is 13.8. The zero-order valence-electron chi connectivity index (χ0n) is 13.8. The van der Waals surface area contributed by atoms with Gasteiger partial charge in [-0.05, 0) is 44.9 Å². The number of esters is 1. The van der Waals surface area contributed by atoms with E-state index in [-0.39, 0.29) is 5.97 Å². The normalized spacial score (nSPS) is 28.9. The smallest absolute Gasteiger partial charge is 0.325 e. The standard InChI is InChI=1S/C17H31NO3/c1-4-13-7-5-6-8-15(13)21-12-11-17(2,16(19)20-3)18-14-9-10-14/h13-15,18H,4-12H2,1-3H3. The number of ether oxygens (including phenoxy) is 2. The fraction of sp³-hybridized carbons (Fsp3) is 0.941. The summed E-state index contributed by atoms with van der Waals surface area (Å²) in [5.74, 6) is 0.521. The fourth-order valence-corrected chi connectivity index (χ4v) is 3.41. The third kappa shape index (κ3) is 4.68. The van der Waals surface area contributed by atoms with Crippen LogP contribution < -0.4 is 5.32 Å². The maximum absolute atomic E-state index is 12.1. The van der Waals surface area contributed by atoms with Crippen LogP contribution in [0.15, 0.2) is 0 Å². The first-order valence-electron chi connectivity index (χ1n) is 8.56. The molecule has 0 heterocycles. The molecule has 1 N–H and O–H groups in total. The summed E-state index contributed by atoms with van der Waals surface area (Å²) in [7, 11) is 1.46. The van der Waals surface area contributed by atoms with Gasteiger partial charge in [-0.25, -0.2) is 0 Å². The van der Waals surface area contributed by atoms with Crippen LogP contribution in [0.2, 0.25) is 0 Å². The molecule has 2 aliphatic carbocycles. The van der Waals surface area contributed by atoms with Gasteiger partial charge in [0.15, 0.2) is 0 Å². The summed E-state index contributed by atoms with van der Waals surface area (Å²) in [5, 5.41) is 3.43. The third-order valence-corrected chi connectivity index (χ3v) is 5.03. The van der Waals surface area contributed by atoms with E-state index in [4.69, 9.17) is 9.47 Å². The Balaban J connectivity index is 1.81. The van der Waals surface area contributed by atoms with Crippen molar-refractivity contribution in [2.24, 2.45) is 5.92 Å². The van der Waals surface area contributed by atoms with E-state index in [0.717, 1.165) is 12.8 Å². The number of carbonyl (C=O) groups is 1. The van der Waals surface area contributed by atoms with Gasteiger partial charge in [-0.1, -0.05) is 26.2 Å². The lowest BCUT2D eigenvalue weighted by Crippen LogP contribution is -2.52. The van der Waals surface area contributed by atoms with Crippen LogP contribution in [0.5, 0.6) is 0 Å². The molecule has 0 radical (unpaired) electrons. The molecule has 3 atom stereocenters. The predicted octanol–water partition coefficient (Wildman–Crippen LogP) is 3.05. The number of rotatable bonds is 8. The van der Waals surface area contributed by atoms with Gasteiger partial charge >= 0.3 is 5.97 Å². The van der Waals surface area contributed by atoms with E-state index in [1.165, 1.54) is 39.2 Å². The molecule has 2 aliphatic rings. The third-order valence-electron chi connectivity index (χ3n) is 5.03. The van der Waals surface area contributed by atoms with Crippen LogP contribution in [-0.2, 0) is 14.3 Å². The summed E-state index contributed by atoms with van der Waals surface area (Å²) in [4.78, 5) is 12.1. The minimum atomic E-state index is -0.605. The molecule has 4 nitrogen and oxygen atoms in total.